The SMILES string of the molecule is Cc1ccc2cc(C(=O)NC(C)C)ccc2n1. The Labute approximate surface area is 101 Å². The molecular weight excluding hydrogens is 212 g/mol. The molecule has 0 aliphatic rings. The van der Waals surface area contributed by atoms with Gasteiger partial charge in [0.2, 0.25) is 0 Å². The van der Waals surface area contributed by atoms with Crippen LogP contribution in [0.4, 0.5) is 0 Å². The van der Waals surface area contributed by atoms with Gasteiger partial charge in [0.25, 0.3) is 5.91 Å². The Balaban J connectivity index is 2.38. The summed E-state index contributed by atoms with van der Waals surface area (Å²) in [5.41, 5.74) is 2.58. The van der Waals surface area contributed by atoms with Crippen molar-refractivity contribution in [2.45, 2.75) is 26.8 Å². The van der Waals surface area contributed by atoms with Crippen molar-refractivity contribution in [2.75, 3.05) is 0 Å². The van der Waals surface area contributed by atoms with E-state index >= 15 is 0 Å². The molecule has 2 rings (SSSR count). The average molecular weight is 228 g/mol. The number of rotatable bonds is 2. The molecule has 0 spiro atoms. The van der Waals surface area contributed by atoms with E-state index in [2.05, 4.69) is 10.3 Å². The van der Waals surface area contributed by atoms with Crippen LogP contribution < -0.4 is 5.32 Å². The standard InChI is InChI=1S/C14H16N2O/c1-9(2)15-14(17)12-6-7-13-11(8-12)5-4-10(3)16-13/h4-9H,1-3H3,(H,15,17). The lowest BCUT2D eigenvalue weighted by atomic mass is 10.1. The summed E-state index contributed by atoms with van der Waals surface area (Å²) in [6, 6.07) is 9.66. The van der Waals surface area contributed by atoms with Crippen LogP contribution in [0.5, 0.6) is 0 Å². The van der Waals surface area contributed by atoms with Gasteiger partial charge in [0, 0.05) is 22.7 Å². The Morgan fingerprint density at radius 1 is 1.24 bits per heavy atom. The van der Waals surface area contributed by atoms with Crippen LogP contribution in [0.25, 0.3) is 10.9 Å². The molecule has 1 aromatic carbocycles. The summed E-state index contributed by atoms with van der Waals surface area (Å²) in [4.78, 5) is 16.2. The monoisotopic (exact) mass is 228 g/mol. The molecule has 1 heterocycles. The molecule has 1 aromatic heterocycles. The maximum Gasteiger partial charge on any atom is 0.251 e. The predicted octanol–water partition coefficient (Wildman–Crippen LogP) is 2.68. The van der Waals surface area contributed by atoms with Crippen molar-refractivity contribution >= 4 is 16.8 Å². The van der Waals surface area contributed by atoms with Gasteiger partial charge in [-0.25, -0.2) is 0 Å². The number of aryl methyl sites for hydroxylation is 1. The second-order valence-corrected chi connectivity index (χ2v) is 4.49. The quantitative estimate of drug-likeness (QED) is 0.858. The minimum Gasteiger partial charge on any atom is -0.350 e. The van der Waals surface area contributed by atoms with Gasteiger partial charge in [-0.3, -0.25) is 9.78 Å². The van der Waals surface area contributed by atoms with Crippen LogP contribution in [0.3, 0.4) is 0 Å². The zero-order valence-electron chi connectivity index (χ0n) is 10.3. The van der Waals surface area contributed by atoms with Crippen molar-refractivity contribution in [1.29, 1.82) is 0 Å². The van der Waals surface area contributed by atoms with E-state index in [1.54, 1.807) is 0 Å². The van der Waals surface area contributed by atoms with E-state index in [1.807, 2.05) is 51.1 Å². The Hall–Kier alpha value is -1.90. The van der Waals surface area contributed by atoms with Gasteiger partial charge in [-0.05, 0) is 45.0 Å². The number of amides is 1. The molecule has 0 unspecified atom stereocenters. The summed E-state index contributed by atoms with van der Waals surface area (Å²) in [5.74, 6) is -0.0394. The highest BCUT2D eigenvalue weighted by atomic mass is 16.1. The fourth-order valence-corrected chi connectivity index (χ4v) is 1.71. The smallest absolute Gasteiger partial charge is 0.251 e. The minimum absolute atomic E-state index is 0.0394. The molecular formula is C14H16N2O. The third kappa shape index (κ3) is 2.61. The summed E-state index contributed by atoms with van der Waals surface area (Å²) < 4.78 is 0. The predicted molar refractivity (Wildman–Crippen MR) is 69.1 cm³/mol. The highest BCUT2D eigenvalue weighted by Crippen LogP contribution is 2.14. The number of pyridine rings is 1. The number of aromatic nitrogens is 1. The molecule has 0 fully saturated rings. The number of carbonyl (C=O) groups is 1. The third-order valence-corrected chi connectivity index (χ3v) is 2.51. The molecule has 0 saturated heterocycles. The highest BCUT2D eigenvalue weighted by molar-refractivity contribution is 5.98. The fraction of sp³-hybridized carbons (Fsp3) is 0.286. The van der Waals surface area contributed by atoms with Crippen LogP contribution in [-0.2, 0) is 0 Å². The summed E-state index contributed by atoms with van der Waals surface area (Å²) >= 11 is 0. The van der Waals surface area contributed by atoms with Crippen LogP contribution in [-0.4, -0.2) is 16.9 Å². The first kappa shape index (κ1) is 11.6. The molecule has 3 nitrogen and oxygen atoms in total. The first-order valence-electron chi connectivity index (χ1n) is 5.74. The van der Waals surface area contributed by atoms with E-state index in [4.69, 9.17) is 0 Å². The van der Waals surface area contributed by atoms with Crippen LogP contribution >= 0.6 is 0 Å². The van der Waals surface area contributed by atoms with Crippen molar-refractivity contribution in [3.63, 3.8) is 0 Å². The molecule has 88 valence electrons. The van der Waals surface area contributed by atoms with Crippen LogP contribution in [0, 0.1) is 6.92 Å². The summed E-state index contributed by atoms with van der Waals surface area (Å²) in [5, 5.41) is 3.87. The van der Waals surface area contributed by atoms with E-state index < -0.39 is 0 Å². The lowest BCUT2D eigenvalue weighted by molar-refractivity contribution is 0.0943. The summed E-state index contributed by atoms with van der Waals surface area (Å²) in [6.45, 7) is 5.85. The Bertz CT molecular complexity index is 561. The number of hydrogen-bond acceptors (Lipinski definition) is 2. The Morgan fingerprint density at radius 3 is 2.71 bits per heavy atom. The highest BCUT2D eigenvalue weighted by Gasteiger charge is 2.07. The molecule has 3 heteroatoms. The summed E-state index contributed by atoms with van der Waals surface area (Å²) in [7, 11) is 0. The van der Waals surface area contributed by atoms with E-state index in [9.17, 15) is 4.79 Å². The molecule has 1 amide bonds. The summed E-state index contributed by atoms with van der Waals surface area (Å²) in [6.07, 6.45) is 0. The molecule has 0 saturated carbocycles. The molecule has 2 aromatic rings. The Morgan fingerprint density at radius 2 is 2.00 bits per heavy atom. The second-order valence-electron chi connectivity index (χ2n) is 4.49. The second kappa shape index (κ2) is 4.53. The van der Waals surface area contributed by atoms with Gasteiger partial charge in [-0.2, -0.15) is 0 Å². The van der Waals surface area contributed by atoms with Crippen LogP contribution in [0.2, 0.25) is 0 Å². The van der Waals surface area contributed by atoms with Crippen molar-refractivity contribution in [3.8, 4) is 0 Å². The van der Waals surface area contributed by atoms with Crippen molar-refractivity contribution in [3.05, 3.63) is 41.6 Å². The van der Waals surface area contributed by atoms with Gasteiger partial charge in [-0.15, -0.1) is 0 Å². The topological polar surface area (TPSA) is 42.0 Å². The largest absolute Gasteiger partial charge is 0.350 e. The van der Waals surface area contributed by atoms with Gasteiger partial charge in [0.05, 0.1) is 5.52 Å². The van der Waals surface area contributed by atoms with Crippen molar-refractivity contribution in [1.82, 2.24) is 10.3 Å². The maximum absolute atomic E-state index is 11.8. The van der Waals surface area contributed by atoms with Gasteiger partial charge in [0.1, 0.15) is 0 Å². The van der Waals surface area contributed by atoms with Crippen molar-refractivity contribution < 1.29 is 4.79 Å². The number of fused-ring (bicyclic) bond motifs is 1. The number of benzene rings is 1. The minimum atomic E-state index is -0.0394. The molecule has 0 aliphatic carbocycles. The van der Waals surface area contributed by atoms with Crippen molar-refractivity contribution in [2.24, 2.45) is 0 Å². The van der Waals surface area contributed by atoms with E-state index in [1.165, 1.54) is 0 Å². The number of nitrogens with one attached hydrogen (secondary N) is 1. The first-order valence-corrected chi connectivity index (χ1v) is 5.74. The van der Waals surface area contributed by atoms with E-state index in [-0.39, 0.29) is 11.9 Å². The lowest BCUT2D eigenvalue weighted by Gasteiger charge is -2.08. The number of nitrogens with zero attached hydrogens (tertiary/aromatic N) is 1. The van der Waals surface area contributed by atoms with Crippen LogP contribution in [0.15, 0.2) is 30.3 Å². The Kier molecular flexibility index (Phi) is 3.09. The van der Waals surface area contributed by atoms with Gasteiger partial charge < -0.3 is 5.32 Å². The normalized spacial score (nSPS) is 10.8. The zero-order valence-corrected chi connectivity index (χ0v) is 10.3. The van der Waals surface area contributed by atoms with E-state index in [0.717, 1.165) is 16.6 Å². The maximum atomic E-state index is 11.8. The third-order valence-electron chi connectivity index (χ3n) is 2.51. The van der Waals surface area contributed by atoms with E-state index in [0.29, 0.717) is 5.56 Å². The fourth-order valence-electron chi connectivity index (χ4n) is 1.71. The molecule has 1 N–H and O–H groups in total. The number of carbonyl (C=O) groups excluding carboxylic acids is 1. The lowest BCUT2D eigenvalue weighted by Crippen LogP contribution is -2.29. The van der Waals surface area contributed by atoms with Crippen LogP contribution in [0.1, 0.15) is 29.9 Å². The molecule has 0 aliphatic heterocycles. The number of hydrogen-bond donors (Lipinski definition) is 1. The molecule has 0 bridgehead atoms. The average Bonchev–Trinajstić information content (AvgIpc) is 2.27. The first-order chi connectivity index (χ1) is 8.06. The van der Waals surface area contributed by atoms with Gasteiger partial charge >= 0.3 is 0 Å². The molecule has 0 atom stereocenters. The van der Waals surface area contributed by atoms with Gasteiger partial charge in [0.15, 0.2) is 0 Å². The molecule has 0 radical (unpaired) electrons. The van der Waals surface area contributed by atoms with Gasteiger partial charge in [-0.1, -0.05) is 6.07 Å². The zero-order chi connectivity index (χ0) is 12.4. The molecule has 17 heavy (non-hydrogen) atoms.